The normalized spacial score (nSPS) is 20.4. The van der Waals surface area contributed by atoms with Crippen LogP contribution in [0.2, 0.25) is 18.1 Å². The van der Waals surface area contributed by atoms with Crippen LogP contribution < -0.4 is 0 Å². The number of hydrogen-bond acceptors (Lipinski definition) is 3. The van der Waals surface area contributed by atoms with E-state index in [1.807, 2.05) is 13.8 Å². The highest BCUT2D eigenvalue weighted by atomic mass is 28.4. The molecule has 0 bridgehead atoms. The summed E-state index contributed by atoms with van der Waals surface area (Å²) in [6.07, 6.45) is 0.535. The van der Waals surface area contributed by atoms with E-state index in [2.05, 4.69) is 33.9 Å². The van der Waals surface area contributed by atoms with E-state index in [0.717, 1.165) is 5.57 Å². The van der Waals surface area contributed by atoms with Crippen LogP contribution in [0.3, 0.4) is 0 Å². The third-order valence-corrected chi connectivity index (χ3v) is 9.24. The predicted molar refractivity (Wildman–Crippen MR) is 89.6 cm³/mol. The molecule has 0 saturated carbocycles. The molecule has 1 rings (SSSR count). The number of nitrogens with zero attached hydrogens (tertiary/aromatic N) is 1. The first-order chi connectivity index (χ1) is 9.86. The van der Waals surface area contributed by atoms with Gasteiger partial charge in [0.15, 0.2) is 14.1 Å². The van der Waals surface area contributed by atoms with E-state index in [-0.39, 0.29) is 29.3 Å². The smallest absolute Gasteiger partial charge is 0.408 e. The molecule has 0 aromatic rings. The van der Waals surface area contributed by atoms with E-state index in [1.54, 1.807) is 6.08 Å². The summed E-state index contributed by atoms with van der Waals surface area (Å²) >= 11 is 0. The molecule has 6 heteroatoms. The molecule has 1 unspecified atom stereocenters. The Bertz CT molecular complexity index is 477. The van der Waals surface area contributed by atoms with Crippen molar-refractivity contribution in [3.63, 3.8) is 0 Å². The summed E-state index contributed by atoms with van der Waals surface area (Å²) < 4.78 is 6.21. The summed E-state index contributed by atoms with van der Waals surface area (Å²) in [5.74, 6) is -0.0474. The van der Waals surface area contributed by atoms with Gasteiger partial charge in [-0.05, 0) is 35.7 Å². The minimum atomic E-state index is -1.97. The van der Waals surface area contributed by atoms with Gasteiger partial charge in [0.05, 0.1) is 19.2 Å². The molecule has 0 radical (unpaired) electrons. The Hall–Kier alpha value is -1.14. The van der Waals surface area contributed by atoms with Crippen LogP contribution in [0.4, 0.5) is 4.79 Å². The highest BCUT2D eigenvalue weighted by Gasteiger charge is 2.40. The monoisotopic (exact) mass is 327 g/mol. The Morgan fingerprint density at radius 2 is 2.00 bits per heavy atom. The van der Waals surface area contributed by atoms with Crippen LogP contribution in [-0.2, 0) is 9.22 Å². The zero-order chi connectivity index (χ0) is 17.3. The highest BCUT2D eigenvalue weighted by molar-refractivity contribution is 6.74. The van der Waals surface area contributed by atoms with Gasteiger partial charge in [-0.15, -0.1) is 0 Å². The second kappa shape index (κ2) is 6.54. The van der Waals surface area contributed by atoms with E-state index >= 15 is 0 Å². The number of ketones is 1. The molecule has 0 saturated heterocycles. The van der Waals surface area contributed by atoms with E-state index in [9.17, 15) is 14.7 Å². The van der Waals surface area contributed by atoms with Gasteiger partial charge in [0.2, 0.25) is 0 Å². The lowest BCUT2D eigenvalue weighted by molar-refractivity contribution is -0.116. The minimum Gasteiger partial charge on any atom is -0.465 e. The van der Waals surface area contributed by atoms with Gasteiger partial charge in [-0.3, -0.25) is 9.69 Å². The Labute approximate surface area is 134 Å². The maximum absolute atomic E-state index is 11.8. The molecule has 1 aliphatic heterocycles. The highest BCUT2D eigenvalue weighted by Crippen LogP contribution is 2.37. The second-order valence-corrected chi connectivity index (χ2v) is 12.6. The molecule has 5 nitrogen and oxygen atoms in total. The zero-order valence-corrected chi connectivity index (χ0v) is 15.8. The number of carboxylic acid groups (broad SMARTS) is 1. The second-order valence-electron chi connectivity index (χ2n) is 7.76. The average Bonchev–Trinajstić information content (AvgIpc) is 2.34. The van der Waals surface area contributed by atoms with Crippen LogP contribution in [0, 0.1) is 5.92 Å². The fourth-order valence-corrected chi connectivity index (χ4v) is 3.24. The van der Waals surface area contributed by atoms with Crippen molar-refractivity contribution >= 4 is 20.2 Å². The van der Waals surface area contributed by atoms with Gasteiger partial charge in [-0.1, -0.05) is 34.6 Å². The van der Waals surface area contributed by atoms with Crippen molar-refractivity contribution in [2.75, 3.05) is 13.2 Å². The molecule has 126 valence electrons. The van der Waals surface area contributed by atoms with E-state index in [4.69, 9.17) is 4.43 Å². The summed E-state index contributed by atoms with van der Waals surface area (Å²) in [6.45, 7) is 14.9. The number of carbonyl (C=O) groups is 2. The average molecular weight is 327 g/mol. The number of rotatable bonds is 4. The molecule has 1 N–H and O–H groups in total. The molecule has 0 aromatic carbocycles. The van der Waals surface area contributed by atoms with Crippen LogP contribution in [0.5, 0.6) is 0 Å². The molecular formula is C16H29NO4Si. The summed E-state index contributed by atoms with van der Waals surface area (Å²) in [7, 11) is -1.97. The molecule has 0 aliphatic carbocycles. The van der Waals surface area contributed by atoms with Gasteiger partial charge in [-0.2, -0.15) is 0 Å². The third-order valence-electron chi connectivity index (χ3n) is 4.74. The van der Waals surface area contributed by atoms with E-state index in [0.29, 0.717) is 6.61 Å². The van der Waals surface area contributed by atoms with E-state index < -0.39 is 14.4 Å². The predicted octanol–water partition coefficient (Wildman–Crippen LogP) is 3.52. The Morgan fingerprint density at radius 3 is 2.41 bits per heavy atom. The van der Waals surface area contributed by atoms with Gasteiger partial charge in [0.1, 0.15) is 0 Å². The first-order valence-electron chi connectivity index (χ1n) is 7.74. The number of hydrogen-bond donors (Lipinski definition) is 1. The zero-order valence-electron chi connectivity index (χ0n) is 14.8. The van der Waals surface area contributed by atoms with Gasteiger partial charge >= 0.3 is 6.09 Å². The van der Waals surface area contributed by atoms with Crippen LogP contribution in [0.25, 0.3) is 0 Å². The van der Waals surface area contributed by atoms with Gasteiger partial charge < -0.3 is 9.53 Å². The summed E-state index contributed by atoms with van der Waals surface area (Å²) in [4.78, 5) is 24.5. The topological polar surface area (TPSA) is 66.8 Å². The van der Waals surface area contributed by atoms with Crippen molar-refractivity contribution in [3.05, 3.63) is 11.6 Å². The molecule has 1 atom stereocenters. The van der Waals surface area contributed by atoms with Crippen molar-refractivity contribution in [3.8, 4) is 0 Å². The molecule has 0 spiro atoms. The maximum Gasteiger partial charge on any atom is 0.408 e. The summed E-state index contributed by atoms with van der Waals surface area (Å²) in [5.41, 5.74) is 0.845. The molecule has 22 heavy (non-hydrogen) atoms. The van der Waals surface area contributed by atoms with Crippen LogP contribution in [0.15, 0.2) is 11.6 Å². The Kier molecular flexibility index (Phi) is 5.62. The minimum absolute atomic E-state index is 0.0627. The molecular weight excluding hydrogens is 298 g/mol. The van der Waals surface area contributed by atoms with Crippen molar-refractivity contribution in [2.45, 2.75) is 58.8 Å². The van der Waals surface area contributed by atoms with Gasteiger partial charge in [0.25, 0.3) is 0 Å². The van der Waals surface area contributed by atoms with Gasteiger partial charge in [0, 0.05) is 0 Å². The molecule has 1 amide bonds. The van der Waals surface area contributed by atoms with Crippen molar-refractivity contribution in [1.82, 2.24) is 4.90 Å². The maximum atomic E-state index is 11.8. The van der Waals surface area contributed by atoms with Crippen LogP contribution in [0.1, 0.15) is 34.6 Å². The third kappa shape index (κ3) is 4.20. The van der Waals surface area contributed by atoms with Crippen molar-refractivity contribution < 1.29 is 19.1 Å². The molecule has 1 aliphatic rings. The fraction of sp³-hybridized carbons (Fsp3) is 0.750. The summed E-state index contributed by atoms with van der Waals surface area (Å²) in [5, 5.41) is 9.48. The molecule has 0 aromatic heterocycles. The largest absolute Gasteiger partial charge is 0.465 e. The fourth-order valence-electron chi connectivity index (χ4n) is 2.23. The lowest BCUT2D eigenvalue weighted by atomic mass is 9.91. The first-order valence-corrected chi connectivity index (χ1v) is 10.7. The SMILES string of the molecule is CC(C)C1=CC(=O)CN(C(=O)O)C1CO[Si](C)(C)C(C)(C)C. The van der Waals surface area contributed by atoms with E-state index in [1.165, 1.54) is 4.90 Å². The number of amides is 1. The Morgan fingerprint density at radius 1 is 1.45 bits per heavy atom. The Balaban J connectivity index is 3.02. The van der Waals surface area contributed by atoms with Gasteiger partial charge in [-0.25, -0.2) is 4.79 Å². The van der Waals surface area contributed by atoms with Crippen LogP contribution in [-0.4, -0.2) is 49.4 Å². The van der Waals surface area contributed by atoms with Crippen LogP contribution >= 0.6 is 0 Å². The molecule has 1 heterocycles. The lowest BCUT2D eigenvalue weighted by Crippen LogP contribution is -2.52. The standard InChI is InChI=1S/C16H29NO4Si/c1-11(2)13-8-12(18)9-17(15(19)20)14(13)10-21-22(6,7)16(3,4)5/h8,11,14H,9-10H2,1-7H3,(H,19,20). The quantitative estimate of drug-likeness (QED) is 0.802. The number of carbonyl (C=O) groups excluding carboxylic acids is 1. The first kappa shape index (κ1) is 18.9. The summed E-state index contributed by atoms with van der Waals surface area (Å²) in [6, 6.07) is -0.371. The van der Waals surface area contributed by atoms with Crippen molar-refractivity contribution in [1.29, 1.82) is 0 Å². The lowest BCUT2D eigenvalue weighted by Gasteiger charge is -2.41. The molecule has 0 fully saturated rings. The van der Waals surface area contributed by atoms with Crippen molar-refractivity contribution in [2.24, 2.45) is 5.92 Å².